The summed E-state index contributed by atoms with van der Waals surface area (Å²) in [5.74, 6) is -1.75. The van der Waals surface area contributed by atoms with Crippen molar-refractivity contribution < 1.29 is 28.8 Å². The summed E-state index contributed by atoms with van der Waals surface area (Å²) >= 11 is 12.3. The number of nitrogens with zero attached hydrogens (tertiary/aromatic N) is 1. The molecule has 0 saturated heterocycles. The molecule has 0 aliphatic rings. The van der Waals surface area contributed by atoms with Gasteiger partial charge in [-0.05, 0) is 56.7 Å². The number of nitro benzene ring substituents is 1. The molecule has 4 rings (SSSR count). The number of nitro groups is 1. The van der Waals surface area contributed by atoms with E-state index in [2.05, 4.69) is 15.6 Å². The van der Waals surface area contributed by atoms with Gasteiger partial charge in [-0.2, -0.15) is 0 Å². The van der Waals surface area contributed by atoms with E-state index in [4.69, 9.17) is 32.7 Å². The predicted molar refractivity (Wildman–Crippen MR) is 158 cm³/mol. The van der Waals surface area contributed by atoms with Crippen LogP contribution in [0.15, 0.2) is 66.9 Å². The average Bonchev–Trinajstić information content (AvgIpc) is 3.32. The van der Waals surface area contributed by atoms with E-state index >= 15 is 0 Å². The molecule has 2 amide bonds. The lowest BCUT2D eigenvalue weighted by Gasteiger charge is -2.23. The van der Waals surface area contributed by atoms with Gasteiger partial charge in [0.1, 0.15) is 17.4 Å². The number of non-ortho nitro benzene ring substituents is 1. The van der Waals surface area contributed by atoms with Gasteiger partial charge in [-0.1, -0.05) is 41.4 Å². The number of amides is 2. The molecule has 1 atom stereocenters. The third-order valence-corrected chi connectivity index (χ3v) is 6.43. The minimum Gasteiger partial charge on any atom is -0.444 e. The maximum atomic E-state index is 13.5. The van der Waals surface area contributed by atoms with Crippen molar-refractivity contribution in [3.63, 3.8) is 0 Å². The van der Waals surface area contributed by atoms with Gasteiger partial charge in [0.05, 0.1) is 21.2 Å². The zero-order chi connectivity index (χ0) is 30.6. The molecule has 1 aromatic heterocycles. The summed E-state index contributed by atoms with van der Waals surface area (Å²) in [5, 5.41) is 17.1. The largest absolute Gasteiger partial charge is 0.444 e. The van der Waals surface area contributed by atoms with Crippen LogP contribution in [0.1, 0.15) is 36.7 Å². The summed E-state index contributed by atoms with van der Waals surface area (Å²) in [4.78, 5) is 52.9. The molecule has 0 spiro atoms. The summed E-state index contributed by atoms with van der Waals surface area (Å²) in [6, 6.07) is 13.9. The Morgan fingerprint density at radius 2 is 1.79 bits per heavy atom. The molecular formula is C29H26Cl2N4O7. The first-order chi connectivity index (χ1) is 19.8. The van der Waals surface area contributed by atoms with E-state index in [1.165, 1.54) is 30.3 Å². The highest BCUT2D eigenvalue weighted by molar-refractivity contribution is 6.34. The molecule has 218 valence electrons. The second-order valence-corrected chi connectivity index (χ2v) is 11.0. The van der Waals surface area contributed by atoms with Gasteiger partial charge in [-0.15, -0.1) is 0 Å². The van der Waals surface area contributed by atoms with Gasteiger partial charge in [0.2, 0.25) is 0 Å². The van der Waals surface area contributed by atoms with Gasteiger partial charge in [-0.25, -0.2) is 9.59 Å². The van der Waals surface area contributed by atoms with E-state index in [-0.39, 0.29) is 39.2 Å². The fourth-order valence-electron chi connectivity index (χ4n) is 4.02. The molecule has 4 aromatic rings. The summed E-state index contributed by atoms with van der Waals surface area (Å²) in [6.45, 7) is 5.07. The standard InChI is InChI=1S/C29H26Cl2N4O7/c1-29(2,3)42-28(38)34-24(12-16-15-32-22-7-5-4-6-19(16)22)27(37)41-25-11-8-17(30)13-20(25)26(36)33-23-10-9-18(35(39)40)14-21(23)31/h4-11,13-15,24,32H,12H2,1-3H3,(H,33,36)(H,34,38)/t24-/m0/s1. The number of carbonyl (C=O) groups excluding carboxylic acids is 3. The van der Waals surface area contributed by atoms with E-state index in [9.17, 15) is 24.5 Å². The van der Waals surface area contributed by atoms with E-state index in [1.807, 2.05) is 24.3 Å². The summed E-state index contributed by atoms with van der Waals surface area (Å²) < 4.78 is 11.0. The number of nitrogens with one attached hydrogen (secondary N) is 3. The fraction of sp³-hybridized carbons (Fsp3) is 0.207. The van der Waals surface area contributed by atoms with Gasteiger partial charge in [0, 0.05) is 40.7 Å². The summed E-state index contributed by atoms with van der Waals surface area (Å²) in [7, 11) is 0. The molecule has 0 bridgehead atoms. The fourth-order valence-corrected chi connectivity index (χ4v) is 4.41. The highest BCUT2D eigenvalue weighted by atomic mass is 35.5. The van der Waals surface area contributed by atoms with Crippen molar-refractivity contribution in [3.8, 4) is 5.75 Å². The number of fused-ring (bicyclic) bond motifs is 1. The monoisotopic (exact) mass is 612 g/mol. The Balaban J connectivity index is 1.60. The Morgan fingerprint density at radius 3 is 2.48 bits per heavy atom. The van der Waals surface area contributed by atoms with Crippen LogP contribution in [0.5, 0.6) is 5.75 Å². The molecule has 3 N–H and O–H groups in total. The first-order valence-electron chi connectivity index (χ1n) is 12.6. The maximum absolute atomic E-state index is 13.5. The van der Waals surface area contributed by atoms with Crippen molar-refractivity contribution in [2.45, 2.75) is 38.8 Å². The van der Waals surface area contributed by atoms with Crippen molar-refractivity contribution in [3.05, 3.63) is 98.1 Å². The lowest BCUT2D eigenvalue weighted by Crippen LogP contribution is -2.46. The minimum absolute atomic E-state index is 0.0512. The molecule has 0 unspecified atom stereocenters. The number of para-hydroxylation sites is 1. The molecule has 0 aliphatic carbocycles. The third kappa shape index (κ3) is 7.56. The number of halogens is 2. The molecule has 0 saturated carbocycles. The van der Waals surface area contributed by atoms with Crippen LogP contribution in [0, 0.1) is 10.1 Å². The van der Waals surface area contributed by atoms with Crippen LogP contribution in [-0.4, -0.2) is 39.5 Å². The second-order valence-electron chi connectivity index (χ2n) is 10.2. The van der Waals surface area contributed by atoms with Crippen LogP contribution in [0.3, 0.4) is 0 Å². The average molecular weight is 613 g/mol. The third-order valence-electron chi connectivity index (χ3n) is 5.88. The first kappa shape index (κ1) is 30.4. The SMILES string of the molecule is CC(C)(C)OC(=O)N[C@@H](Cc1c[nH]c2ccccc12)C(=O)Oc1ccc(Cl)cc1C(=O)Nc1ccc([N+](=O)[O-])cc1Cl. The van der Waals surface area contributed by atoms with Crippen molar-refractivity contribution >= 4 is 63.4 Å². The van der Waals surface area contributed by atoms with Gasteiger partial charge >= 0.3 is 12.1 Å². The molecule has 42 heavy (non-hydrogen) atoms. The van der Waals surface area contributed by atoms with Crippen LogP contribution in [-0.2, 0) is 16.0 Å². The molecule has 13 heteroatoms. The number of hydrogen-bond donors (Lipinski definition) is 3. The van der Waals surface area contributed by atoms with Crippen molar-refractivity contribution in [2.24, 2.45) is 0 Å². The Bertz CT molecular complexity index is 1680. The van der Waals surface area contributed by atoms with E-state index < -0.39 is 34.5 Å². The van der Waals surface area contributed by atoms with E-state index in [0.717, 1.165) is 22.5 Å². The Hall–Kier alpha value is -4.61. The quantitative estimate of drug-likeness (QED) is 0.0868. The highest BCUT2D eigenvalue weighted by Crippen LogP contribution is 2.30. The molecule has 0 radical (unpaired) electrons. The smallest absolute Gasteiger partial charge is 0.408 e. The number of esters is 1. The van der Waals surface area contributed by atoms with Crippen LogP contribution < -0.4 is 15.4 Å². The van der Waals surface area contributed by atoms with E-state index in [0.29, 0.717) is 0 Å². The van der Waals surface area contributed by atoms with Crippen molar-refractivity contribution in [1.29, 1.82) is 0 Å². The number of H-pyrrole nitrogens is 1. The van der Waals surface area contributed by atoms with Crippen LogP contribution in [0.2, 0.25) is 10.0 Å². The Morgan fingerprint density at radius 1 is 1.05 bits per heavy atom. The second kappa shape index (κ2) is 12.5. The maximum Gasteiger partial charge on any atom is 0.408 e. The molecule has 0 fully saturated rings. The zero-order valence-corrected chi connectivity index (χ0v) is 24.2. The summed E-state index contributed by atoms with van der Waals surface area (Å²) in [6.07, 6.45) is 0.957. The highest BCUT2D eigenvalue weighted by Gasteiger charge is 2.29. The number of anilines is 1. The van der Waals surface area contributed by atoms with Crippen LogP contribution in [0.4, 0.5) is 16.2 Å². The van der Waals surface area contributed by atoms with Crippen molar-refractivity contribution in [2.75, 3.05) is 5.32 Å². The minimum atomic E-state index is -1.20. The molecular weight excluding hydrogens is 587 g/mol. The van der Waals surface area contributed by atoms with Gasteiger partial charge in [-0.3, -0.25) is 14.9 Å². The lowest BCUT2D eigenvalue weighted by atomic mass is 10.0. The van der Waals surface area contributed by atoms with Gasteiger partial charge < -0.3 is 25.1 Å². The number of benzene rings is 3. The number of hydrogen-bond acceptors (Lipinski definition) is 7. The van der Waals surface area contributed by atoms with Gasteiger partial charge in [0.25, 0.3) is 11.6 Å². The Labute approximate surface area is 250 Å². The number of aromatic amines is 1. The summed E-state index contributed by atoms with van der Waals surface area (Å²) in [5.41, 5.74) is 0.486. The molecule has 1 heterocycles. The lowest BCUT2D eigenvalue weighted by molar-refractivity contribution is -0.384. The number of aromatic nitrogens is 1. The zero-order valence-electron chi connectivity index (χ0n) is 22.7. The number of rotatable bonds is 8. The molecule has 11 nitrogen and oxygen atoms in total. The Kier molecular flexibility index (Phi) is 9.03. The normalized spacial score (nSPS) is 11.9. The van der Waals surface area contributed by atoms with Crippen LogP contribution in [0.25, 0.3) is 10.9 Å². The first-order valence-corrected chi connectivity index (χ1v) is 13.4. The predicted octanol–water partition coefficient (Wildman–Crippen LogP) is 6.68. The van der Waals surface area contributed by atoms with E-state index in [1.54, 1.807) is 27.0 Å². The number of alkyl carbamates (subject to hydrolysis) is 1. The molecule has 3 aromatic carbocycles. The van der Waals surface area contributed by atoms with Crippen molar-refractivity contribution in [1.82, 2.24) is 10.3 Å². The number of carbonyl (C=O) groups is 3. The number of ether oxygens (including phenoxy) is 2. The van der Waals surface area contributed by atoms with Gasteiger partial charge in [0.15, 0.2) is 0 Å². The molecule has 0 aliphatic heterocycles. The van der Waals surface area contributed by atoms with Crippen LogP contribution >= 0.6 is 23.2 Å². The topological polar surface area (TPSA) is 153 Å².